The van der Waals surface area contributed by atoms with E-state index in [9.17, 15) is 14.4 Å². The Labute approximate surface area is 158 Å². The molecule has 27 heavy (non-hydrogen) atoms. The number of hydrogen-bond donors (Lipinski definition) is 2. The quantitative estimate of drug-likeness (QED) is 0.588. The summed E-state index contributed by atoms with van der Waals surface area (Å²) in [4.78, 5) is 48.7. The Balaban J connectivity index is 1.84. The van der Waals surface area contributed by atoms with Crippen LogP contribution in [0, 0.1) is 0 Å². The topological polar surface area (TPSA) is 128 Å². The number of primary amides is 1. The lowest BCUT2D eigenvalue weighted by Crippen LogP contribution is -2.47. The molecule has 0 spiro atoms. The van der Waals surface area contributed by atoms with E-state index in [-0.39, 0.29) is 11.3 Å². The van der Waals surface area contributed by atoms with Crippen LogP contribution in [0.15, 0.2) is 54.4 Å². The van der Waals surface area contributed by atoms with Gasteiger partial charge in [-0.25, -0.2) is 15.0 Å². The summed E-state index contributed by atoms with van der Waals surface area (Å²) in [5, 5.41) is 2.60. The standard InChI is InChI=1S/C18H15N5O3S/c19-17(25)15(24)13(8-11-4-2-1-3-5-11)23-18(26)16-14(22-10-27-16)12-6-7-20-9-21-12/h1-7,9-10,13H,8H2,(H2,19,25)(H,23,26). The SMILES string of the molecule is NC(=O)C(=O)C(Cc1ccccc1)NC(=O)c1scnc1-c1ccncn1. The number of hydrogen-bond acceptors (Lipinski definition) is 7. The van der Waals surface area contributed by atoms with Gasteiger partial charge in [0.2, 0.25) is 5.78 Å². The van der Waals surface area contributed by atoms with Crippen molar-refractivity contribution in [3.8, 4) is 11.4 Å². The van der Waals surface area contributed by atoms with Crippen molar-refractivity contribution in [2.75, 3.05) is 0 Å². The molecule has 1 aromatic carbocycles. The summed E-state index contributed by atoms with van der Waals surface area (Å²) in [5.74, 6) is -2.49. The van der Waals surface area contributed by atoms with Crippen LogP contribution < -0.4 is 11.1 Å². The van der Waals surface area contributed by atoms with Crippen LogP contribution >= 0.6 is 11.3 Å². The van der Waals surface area contributed by atoms with E-state index in [1.54, 1.807) is 30.3 Å². The number of aromatic nitrogens is 3. The van der Waals surface area contributed by atoms with E-state index in [4.69, 9.17) is 5.73 Å². The zero-order chi connectivity index (χ0) is 19.2. The lowest BCUT2D eigenvalue weighted by Gasteiger charge is -2.16. The Morgan fingerprint density at radius 2 is 1.89 bits per heavy atom. The van der Waals surface area contributed by atoms with Crippen LogP contribution in [-0.2, 0) is 16.0 Å². The second kappa shape index (κ2) is 8.28. The van der Waals surface area contributed by atoms with Crippen molar-refractivity contribution < 1.29 is 14.4 Å². The van der Waals surface area contributed by atoms with E-state index in [0.717, 1.165) is 16.9 Å². The number of thiazole rings is 1. The first-order chi connectivity index (χ1) is 13.1. The number of benzene rings is 1. The van der Waals surface area contributed by atoms with Gasteiger partial charge in [-0.2, -0.15) is 0 Å². The number of carbonyl (C=O) groups excluding carboxylic acids is 3. The molecule has 2 amide bonds. The number of amides is 2. The first kappa shape index (κ1) is 18.3. The van der Waals surface area contributed by atoms with E-state index in [1.165, 1.54) is 18.0 Å². The third-order valence-corrected chi connectivity index (χ3v) is 4.57. The predicted molar refractivity (Wildman–Crippen MR) is 98.7 cm³/mol. The van der Waals surface area contributed by atoms with Gasteiger partial charge in [0, 0.05) is 12.6 Å². The predicted octanol–water partition coefficient (Wildman–Crippen LogP) is 0.996. The van der Waals surface area contributed by atoms with Crippen LogP contribution in [-0.4, -0.2) is 38.6 Å². The molecule has 3 aromatic rings. The minimum Gasteiger partial charge on any atom is -0.363 e. The smallest absolute Gasteiger partial charge is 0.287 e. The number of nitrogens with two attached hydrogens (primary N) is 1. The third-order valence-electron chi connectivity index (χ3n) is 3.75. The summed E-state index contributed by atoms with van der Waals surface area (Å²) in [5.41, 5.74) is 8.30. The van der Waals surface area contributed by atoms with Gasteiger partial charge in [-0.3, -0.25) is 14.4 Å². The molecule has 0 bridgehead atoms. The minimum atomic E-state index is -1.10. The van der Waals surface area contributed by atoms with Crippen molar-refractivity contribution >= 4 is 28.9 Å². The van der Waals surface area contributed by atoms with E-state index < -0.39 is 23.6 Å². The lowest BCUT2D eigenvalue weighted by molar-refractivity contribution is -0.137. The van der Waals surface area contributed by atoms with Crippen molar-refractivity contribution in [1.82, 2.24) is 20.3 Å². The Kier molecular flexibility index (Phi) is 5.62. The van der Waals surface area contributed by atoms with Gasteiger partial charge in [-0.05, 0) is 11.6 Å². The fourth-order valence-electron chi connectivity index (χ4n) is 2.48. The Hall–Kier alpha value is -3.46. The molecule has 136 valence electrons. The highest BCUT2D eigenvalue weighted by atomic mass is 32.1. The average Bonchev–Trinajstić information content (AvgIpc) is 3.18. The minimum absolute atomic E-state index is 0.149. The molecule has 3 N–H and O–H groups in total. The molecule has 2 heterocycles. The van der Waals surface area contributed by atoms with Gasteiger partial charge in [-0.1, -0.05) is 30.3 Å². The van der Waals surface area contributed by atoms with E-state index in [2.05, 4.69) is 20.3 Å². The van der Waals surface area contributed by atoms with Gasteiger partial charge in [0.05, 0.1) is 11.2 Å². The summed E-state index contributed by atoms with van der Waals surface area (Å²) >= 11 is 1.11. The number of rotatable bonds is 7. The maximum absolute atomic E-state index is 12.7. The third kappa shape index (κ3) is 4.39. The van der Waals surface area contributed by atoms with Gasteiger partial charge in [0.25, 0.3) is 11.8 Å². The highest BCUT2D eigenvalue weighted by molar-refractivity contribution is 7.12. The molecule has 0 aliphatic heterocycles. The monoisotopic (exact) mass is 381 g/mol. The molecule has 1 atom stereocenters. The summed E-state index contributed by atoms with van der Waals surface area (Å²) in [6.45, 7) is 0. The van der Waals surface area contributed by atoms with Crippen LogP contribution in [0.5, 0.6) is 0 Å². The molecular formula is C18H15N5O3S. The second-order valence-corrected chi connectivity index (χ2v) is 6.42. The van der Waals surface area contributed by atoms with Crippen LogP contribution in [0.2, 0.25) is 0 Å². The van der Waals surface area contributed by atoms with Gasteiger partial charge >= 0.3 is 0 Å². The second-order valence-electron chi connectivity index (χ2n) is 5.57. The molecule has 0 aliphatic rings. The number of ketones is 1. The first-order valence-electron chi connectivity index (χ1n) is 7.94. The van der Waals surface area contributed by atoms with E-state index in [0.29, 0.717) is 11.4 Å². The average molecular weight is 381 g/mol. The zero-order valence-corrected chi connectivity index (χ0v) is 14.8. The molecule has 0 saturated heterocycles. The molecule has 0 aliphatic carbocycles. The van der Waals surface area contributed by atoms with Gasteiger partial charge in [-0.15, -0.1) is 11.3 Å². The number of nitrogens with one attached hydrogen (secondary N) is 1. The fraction of sp³-hybridized carbons (Fsp3) is 0.111. The summed E-state index contributed by atoms with van der Waals surface area (Å²) in [7, 11) is 0. The molecule has 0 fully saturated rings. The van der Waals surface area contributed by atoms with Crippen molar-refractivity contribution in [3.63, 3.8) is 0 Å². The van der Waals surface area contributed by atoms with Crippen molar-refractivity contribution in [2.45, 2.75) is 12.5 Å². The number of Topliss-reactive ketones (excluding diaryl/α,β-unsaturated/α-hetero) is 1. The molecular weight excluding hydrogens is 366 g/mol. The summed E-state index contributed by atoms with van der Waals surface area (Å²) in [6.07, 6.45) is 3.04. The van der Waals surface area contributed by atoms with Crippen molar-refractivity contribution in [2.24, 2.45) is 5.73 Å². The lowest BCUT2D eigenvalue weighted by atomic mass is 10.0. The highest BCUT2D eigenvalue weighted by Crippen LogP contribution is 2.23. The van der Waals surface area contributed by atoms with Crippen LogP contribution in [0.1, 0.15) is 15.2 Å². The highest BCUT2D eigenvalue weighted by Gasteiger charge is 2.27. The normalized spacial score (nSPS) is 11.6. The molecule has 9 heteroatoms. The van der Waals surface area contributed by atoms with Gasteiger partial charge in [0.15, 0.2) is 0 Å². The Bertz CT molecular complexity index is 959. The maximum atomic E-state index is 12.7. The molecule has 8 nitrogen and oxygen atoms in total. The van der Waals surface area contributed by atoms with Gasteiger partial charge < -0.3 is 11.1 Å². The molecule has 2 aromatic heterocycles. The molecule has 3 rings (SSSR count). The summed E-state index contributed by atoms with van der Waals surface area (Å²) in [6, 6.07) is 9.59. The molecule has 0 saturated carbocycles. The molecule has 0 radical (unpaired) electrons. The van der Waals surface area contributed by atoms with E-state index in [1.807, 2.05) is 6.07 Å². The van der Waals surface area contributed by atoms with Crippen LogP contribution in [0.4, 0.5) is 0 Å². The van der Waals surface area contributed by atoms with Crippen LogP contribution in [0.25, 0.3) is 11.4 Å². The Morgan fingerprint density at radius 3 is 2.56 bits per heavy atom. The molecule has 1 unspecified atom stereocenters. The summed E-state index contributed by atoms with van der Waals surface area (Å²) < 4.78 is 0. The zero-order valence-electron chi connectivity index (χ0n) is 14.0. The number of nitrogens with zero attached hydrogens (tertiary/aromatic N) is 3. The first-order valence-corrected chi connectivity index (χ1v) is 8.82. The maximum Gasteiger partial charge on any atom is 0.287 e. The van der Waals surface area contributed by atoms with Crippen LogP contribution in [0.3, 0.4) is 0 Å². The van der Waals surface area contributed by atoms with Gasteiger partial charge in [0.1, 0.15) is 22.9 Å². The number of carbonyl (C=O) groups is 3. The Morgan fingerprint density at radius 1 is 1.11 bits per heavy atom. The van der Waals surface area contributed by atoms with Crippen molar-refractivity contribution in [3.05, 3.63) is 64.9 Å². The largest absolute Gasteiger partial charge is 0.363 e. The van der Waals surface area contributed by atoms with Crippen molar-refractivity contribution in [1.29, 1.82) is 0 Å². The fourth-order valence-corrected chi connectivity index (χ4v) is 3.17. The van der Waals surface area contributed by atoms with E-state index >= 15 is 0 Å².